The Morgan fingerprint density at radius 3 is 2.53 bits per heavy atom. The molecule has 0 fully saturated rings. The van der Waals surface area contributed by atoms with Crippen LogP contribution in [0.3, 0.4) is 0 Å². The number of halogens is 1. The summed E-state index contributed by atoms with van der Waals surface area (Å²) in [5, 5.41) is 16.2. The van der Waals surface area contributed by atoms with Crippen molar-refractivity contribution in [1.29, 1.82) is 0 Å². The number of aliphatic carboxylic acids is 2. The van der Waals surface area contributed by atoms with Crippen molar-refractivity contribution in [3.05, 3.63) is 24.1 Å². The fraction of sp³-hybridized carbons (Fsp3) is 0.222. The molecule has 0 spiro atoms. The van der Waals surface area contributed by atoms with Gasteiger partial charge >= 0.3 is 11.9 Å². The van der Waals surface area contributed by atoms with Gasteiger partial charge in [-0.15, -0.1) is 0 Å². The molecule has 0 radical (unpaired) electrons. The van der Waals surface area contributed by atoms with Crippen LogP contribution in [0.15, 0.2) is 23.4 Å². The third-order valence-corrected chi connectivity index (χ3v) is 3.36. The molecule has 0 unspecified atom stereocenters. The lowest BCUT2D eigenvalue weighted by molar-refractivity contribution is -0.145. The Bertz CT molecular complexity index is 602. The lowest BCUT2D eigenvalue weighted by Gasteiger charge is -2.12. The SMILES string of the molecule is O=C(O)C[C@@H](NS(=O)(=O)c1ncccc1F)C(=O)O. The first-order valence-electron chi connectivity index (χ1n) is 4.81. The molecule has 0 saturated heterocycles. The molecule has 1 atom stereocenters. The highest BCUT2D eigenvalue weighted by Gasteiger charge is 2.29. The van der Waals surface area contributed by atoms with Gasteiger partial charge in [-0.3, -0.25) is 9.59 Å². The van der Waals surface area contributed by atoms with Crippen molar-refractivity contribution in [2.75, 3.05) is 0 Å². The molecule has 104 valence electrons. The van der Waals surface area contributed by atoms with E-state index in [1.54, 1.807) is 4.72 Å². The smallest absolute Gasteiger partial charge is 0.322 e. The molecule has 1 aromatic heterocycles. The van der Waals surface area contributed by atoms with Gasteiger partial charge in [0.15, 0.2) is 5.82 Å². The lowest BCUT2D eigenvalue weighted by Crippen LogP contribution is -2.42. The minimum atomic E-state index is -4.56. The Hall–Kier alpha value is -2.07. The molecule has 0 aliphatic heterocycles. The number of carboxylic acids is 2. The minimum absolute atomic E-state index is 0.828. The molecule has 1 heterocycles. The fourth-order valence-corrected chi connectivity index (χ4v) is 2.36. The number of nitrogens with one attached hydrogen (secondary N) is 1. The van der Waals surface area contributed by atoms with Crippen LogP contribution in [0.5, 0.6) is 0 Å². The summed E-state index contributed by atoms with van der Waals surface area (Å²) in [4.78, 5) is 24.4. The van der Waals surface area contributed by atoms with E-state index in [1.165, 1.54) is 0 Å². The number of nitrogens with zero attached hydrogens (tertiary/aromatic N) is 1. The van der Waals surface area contributed by atoms with Crippen molar-refractivity contribution in [1.82, 2.24) is 9.71 Å². The maximum Gasteiger partial charge on any atom is 0.322 e. The minimum Gasteiger partial charge on any atom is -0.481 e. The van der Waals surface area contributed by atoms with Gasteiger partial charge in [-0.05, 0) is 12.1 Å². The van der Waals surface area contributed by atoms with Crippen molar-refractivity contribution in [2.45, 2.75) is 17.5 Å². The third kappa shape index (κ3) is 3.96. The Kier molecular flexibility index (Phi) is 4.51. The number of hydrogen-bond acceptors (Lipinski definition) is 5. The van der Waals surface area contributed by atoms with Gasteiger partial charge in [0.25, 0.3) is 10.0 Å². The number of hydrogen-bond donors (Lipinski definition) is 3. The predicted molar refractivity (Wildman–Crippen MR) is 58.2 cm³/mol. The number of carboxylic acid groups (broad SMARTS) is 2. The second kappa shape index (κ2) is 5.71. The summed E-state index contributed by atoms with van der Waals surface area (Å²) in [7, 11) is -4.56. The molecule has 3 N–H and O–H groups in total. The normalized spacial score (nSPS) is 12.9. The summed E-state index contributed by atoms with van der Waals surface area (Å²) in [6, 6.07) is 0.0679. The lowest BCUT2D eigenvalue weighted by atomic mass is 10.2. The van der Waals surface area contributed by atoms with Crippen LogP contribution in [0.25, 0.3) is 0 Å². The van der Waals surface area contributed by atoms with Crippen molar-refractivity contribution < 1.29 is 32.6 Å². The molecule has 8 nitrogen and oxygen atoms in total. The highest BCUT2D eigenvalue weighted by Crippen LogP contribution is 2.11. The van der Waals surface area contributed by atoms with Gasteiger partial charge in [0.1, 0.15) is 6.04 Å². The van der Waals surface area contributed by atoms with Gasteiger partial charge in [-0.2, -0.15) is 4.72 Å². The van der Waals surface area contributed by atoms with Gasteiger partial charge in [0, 0.05) is 6.20 Å². The standard InChI is InChI=1S/C9H9FN2O6S/c10-5-2-1-3-11-8(5)19(17,18)12-6(9(15)16)4-7(13)14/h1-3,6,12H,4H2,(H,13,14)(H,15,16)/t6-/m1/s1. The highest BCUT2D eigenvalue weighted by atomic mass is 32.2. The molecule has 10 heteroatoms. The maximum absolute atomic E-state index is 13.3. The average molecular weight is 292 g/mol. The van der Waals surface area contributed by atoms with E-state index in [2.05, 4.69) is 4.98 Å². The Balaban J connectivity index is 3.04. The van der Waals surface area contributed by atoms with E-state index in [9.17, 15) is 22.4 Å². The number of carbonyl (C=O) groups is 2. The van der Waals surface area contributed by atoms with Gasteiger partial charge in [0.2, 0.25) is 5.03 Å². The van der Waals surface area contributed by atoms with Crippen molar-refractivity contribution >= 4 is 22.0 Å². The molecular weight excluding hydrogens is 283 g/mol. The summed E-state index contributed by atoms with van der Waals surface area (Å²) in [6.07, 6.45) is 0.0215. The molecule has 0 saturated carbocycles. The van der Waals surface area contributed by atoms with Gasteiger partial charge in [0.05, 0.1) is 6.42 Å². The number of pyridine rings is 1. The van der Waals surface area contributed by atoms with E-state index in [1.807, 2.05) is 0 Å². The van der Waals surface area contributed by atoms with Crippen LogP contribution in [0.4, 0.5) is 4.39 Å². The van der Waals surface area contributed by atoms with Crippen LogP contribution < -0.4 is 4.72 Å². The molecular formula is C9H9FN2O6S. The molecule has 1 aromatic rings. The Morgan fingerprint density at radius 1 is 1.42 bits per heavy atom. The van der Waals surface area contributed by atoms with Crippen LogP contribution in [0.1, 0.15) is 6.42 Å². The van der Waals surface area contributed by atoms with Crippen LogP contribution in [-0.4, -0.2) is 41.6 Å². The van der Waals surface area contributed by atoms with Crippen molar-refractivity contribution in [2.24, 2.45) is 0 Å². The average Bonchev–Trinajstić information content (AvgIpc) is 2.27. The zero-order valence-electron chi connectivity index (χ0n) is 9.28. The van der Waals surface area contributed by atoms with E-state index < -0.39 is 45.3 Å². The summed E-state index contributed by atoms with van der Waals surface area (Å²) < 4.78 is 38.2. The number of sulfonamides is 1. The Labute approximate surface area is 106 Å². The van der Waals surface area contributed by atoms with Crippen LogP contribution >= 0.6 is 0 Å². The van der Waals surface area contributed by atoms with Crippen molar-refractivity contribution in [3.63, 3.8) is 0 Å². The molecule has 19 heavy (non-hydrogen) atoms. The van der Waals surface area contributed by atoms with Crippen LogP contribution in [0, 0.1) is 5.82 Å². The van der Waals surface area contributed by atoms with E-state index in [0.717, 1.165) is 18.3 Å². The molecule has 0 aromatic carbocycles. The molecule has 0 aliphatic rings. The van der Waals surface area contributed by atoms with E-state index in [-0.39, 0.29) is 0 Å². The first kappa shape index (κ1) is 15.0. The van der Waals surface area contributed by atoms with Crippen molar-refractivity contribution in [3.8, 4) is 0 Å². The van der Waals surface area contributed by atoms with E-state index in [4.69, 9.17) is 10.2 Å². The summed E-state index contributed by atoms with van der Waals surface area (Å²) in [5.41, 5.74) is 0. The van der Waals surface area contributed by atoms with E-state index >= 15 is 0 Å². The quantitative estimate of drug-likeness (QED) is 0.639. The molecule has 0 amide bonds. The number of aromatic nitrogens is 1. The van der Waals surface area contributed by atoms with Crippen LogP contribution in [0.2, 0.25) is 0 Å². The second-order valence-corrected chi connectivity index (χ2v) is 5.03. The van der Waals surface area contributed by atoms with Gasteiger partial charge in [-0.1, -0.05) is 0 Å². The summed E-state index contributed by atoms with van der Waals surface area (Å²) in [6.45, 7) is 0. The number of rotatable bonds is 6. The van der Waals surface area contributed by atoms with Gasteiger partial charge < -0.3 is 10.2 Å². The first-order valence-corrected chi connectivity index (χ1v) is 6.30. The monoisotopic (exact) mass is 292 g/mol. The summed E-state index contributed by atoms with van der Waals surface area (Å²) in [5.74, 6) is -4.38. The fourth-order valence-electron chi connectivity index (χ4n) is 1.17. The summed E-state index contributed by atoms with van der Waals surface area (Å²) >= 11 is 0. The largest absolute Gasteiger partial charge is 0.481 e. The highest BCUT2D eigenvalue weighted by molar-refractivity contribution is 7.89. The third-order valence-electron chi connectivity index (χ3n) is 1.95. The predicted octanol–water partition coefficient (Wildman–Crippen LogP) is -0.573. The molecule has 0 aliphatic carbocycles. The zero-order valence-corrected chi connectivity index (χ0v) is 10.1. The second-order valence-electron chi connectivity index (χ2n) is 3.40. The zero-order chi connectivity index (χ0) is 14.6. The topological polar surface area (TPSA) is 134 Å². The molecule has 0 bridgehead atoms. The maximum atomic E-state index is 13.3. The molecule has 1 rings (SSSR count). The van der Waals surface area contributed by atoms with Gasteiger partial charge in [-0.25, -0.2) is 17.8 Å². The van der Waals surface area contributed by atoms with E-state index in [0.29, 0.717) is 0 Å². The Morgan fingerprint density at radius 2 is 2.05 bits per heavy atom. The van der Waals surface area contributed by atoms with Crippen LogP contribution in [-0.2, 0) is 19.6 Å². The first-order chi connectivity index (χ1) is 8.74.